The fourth-order valence-electron chi connectivity index (χ4n) is 1.83. The Morgan fingerprint density at radius 1 is 1.30 bits per heavy atom. The van der Waals surface area contributed by atoms with Crippen LogP contribution in [0, 0.1) is 11.3 Å². The summed E-state index contributed by atoms with van der Waals surface area (Å²) in [5.74, 6) is -0.822. The van der Waals surface area contributed by atoms with Crippen molar-refractivity contribution in [3.63, 3.8) is 0 Å². The van der Waals surface area contributed by atoms with E-state index in [1.54, 1.807) is 26.8 Å². The van der Waals surface area contributed by atoms with Crippen LogP contribution in [0.2, 0.25) is 0 Å². The Morgan fingerprint density at radius 3 is 2.52 bits per heavy atom. The second-order valence-electron chi connectivity index (χ2n) is 6.91. The molecule has 9 heteroatoms. The molecule has 0 radical (unpaired) electrons. The van der Waals surface area contributed by atoms with E-state index in [0.29, 0.717) is 6.61 Å². The number of esters is 1. The fraction of sp³-hybridized carbons (Fsp3) is 0.556. The van der Waals surface area contributed by atoms with Crippen molar-refractivity contribution in [2.75, 3.05) is 13.2 Å². The second kappa shape index (κ2) is 9.75. The van der Waals surface area contributed by atoms with Crippen molar-refractivity contribution in [1.82, 2.24) is 20.6 Å². The molecule has 0 spiro atoms. The highest BCUT2D eigenvalue weighted by Crippen LogP contribution is 2.23. The van der Waals surface area contributed by atoms with Gasteiger partial charge in [0.25, 0.3) is 0 Å². The molecule has 1 rings (SSSR count). The largest absolute Gasteiger partial charge is 0.477 e. The van der Waals surface area contributed by atoms with Crippen LogP contribution in [0.3, 0.4) is 0 Å². The van der Waals surface area contributed by atoms with Crippen LogP contribution in [0.25, 0.3) is 6.20 Å². The lowest BCUT2D eigenvalue weighted by molar-refractivity contribution is -0.132. The van der Waals surface area contributed by atoms with Crippen molar-refractivity contribution in [3.8, 4) is 5.88 Å². The Hall–Kier alpha value is -2.84. The molecule has 1 aromatic rings. The van der Waals surface area contributed by atoms with E-state index in [9.17, 15) is 14.4 Å². The summed E-state index contributed by atoms with van der Waals surface area (Å²) < 4.78 is 12.1. The lowest BCUT2D eigenvalue weighted by Crippen LogP contribution is -2.46. The third-order valence-corrected chi connectivity index (χ3v) is 3.37. The molecule has 1 aromatic heterocycles. The van der Waals surface area contributed by atoms with Crippen molar-refractivity contribution in [1.29, 1.82) is 0 Å². The average Bonchev–Trinajstić information content (AvgIpc) is 2.99. The van der Waals surface area contributed by atoms with E-state index in [1.165, 1.54) is 24.0 Å². The molecule has 150 valence electrons. The zero-order valence-corrected chi connectivity index (χ0v) is 16.7. The van der Waals surface area contributed by atoms with Gasteiger partial charge in [-0.15, -0.1) is 0 Å². The molecular weight excluding hydrogens is 352 g/mol. The molecular formula is C18H28N4O5. The molecule has 0 atom stereocenters. The summed E-state index contributed by atoms with van der Waals surface area (Å²) in [4.78, 5) is 35.2. The Balaban J connectivity index is 3.06. The molecule has 0 aliphatic carbocycles. The quantitative estimate of drug-likeness (QED) is 0.525. The summed E-state index contributed by atoms with van der Waals surface area (Å²) in [5.41, 5.74) is 3.84. The number of carbonyl (C=O) groups excluding carboxylic acids is 3. The van der Waals surface area contributed by atoms with Gasteiger partial charge in [-0.05, 0) is 26.7 Å². The number of hydrogen-bond acceptors (Lipinski definition) is 6. The molecule has 2 N–H and O–H groups in total. The van der Waals surface area contributed by atoms with E-state index in [-0.39, 0.29) is 29.9 Å². The van der Waals surface area contributed by atoms with Crippen LogP contribution >= 0.6 is 0 Å². The number of hydrogen-bond donors (Lipinski definition) is 2. The number of aromatic nitrogens is 2. The van der Waals surface area contributed by atoms with E-state index < -0.39 is 17.3 Å². The molecule has 27 heavy (non-hydrogen) atoms. The van der Waals surface area contributed by atoms with Crippen LogP contribution in [0.1, 0.15) is 51.9 Å². The smallest absolute Gasteiger partial charge is 0.345 e. The lowest BCUT2D eigenvalue weighted by Gasteiger charge is -2.19. The Kier molecular flexibility index (Phi) is 8.01. The minimum Gasteiger partial charge on any atom is -0.477 e. The molecule has 0 unspecified atom stereocenters. The summed E-state index contributed by atoms with van der Waals surface area (Å²) in [6.07, 6.45) is 4.49. The number of carbonyl (C=O) groups is 3. The van der Waals surface area contributed by atoms with E-state index in [4.69, 9.17) is 9.47 Å². The van der Waals surface area contributed by atoms with Gasteiger partial charge in [0.05, 0.1) is 24.8 Å². The Bertz CT molecular complexity index is 707. The molecule has 0 saturated heterocycles. The van der Waals surface area contributed by atoms with Crippen molar-refractivity contribution in [2.45, 2.75) is 41.5 Å². The second-order valence-corrected chi connectivity index (χ2v) is 6.91. The summed E-state index contributed by atoms with van der Waals surface area (Å²) in [6.45, 7) is 10.9. The van der Waals surface area contributed by atoms with Crippen LogP contribution in [0.15, 0.2) is 12.3 Å². The van der Waals surface area contributed by atoms with E-state index >= 15 is 0 Å². The number of ether oxygens (including phenoxy) is 2. The van der Waals surface area contributed by atoms with E-state index in [1.807, 2.05) is 13.8 Å². The summed E-state index contributed by atoms with van der Waals surface area (Å²) in [7, 11) is 0. The molecule has 1 heterocycles. The highest BCUT2D eigenvalue weighted by atomic mass is 16.5. The topological polar surface area (TPSA) is 112 Å². The third kappa shape index (κ3) is 6.76. The molecule has 0 aliphatic heterocycles. The first kappa shape index (κ1) is 22.2. The first-order valence-corrected chi connectivity index (χ1v) is 8.72. The van der Waals surface area contributed by atoms with Crippen molar-refractivity contribution < 1.29 is 23.9 Å². The number of amides is 2. The normalized spacial score (nSPS) is 11.5. The molecule has 0 bridgehead atoms. The zero-order valence-electron chi connectivity index (χ0n) is 16.7. The zero-order chi connectivity index (χ0) is 20.6. The highest BCUT2D eigenvalue weighted by molar-refractivity contribution is 5.92. The van der Waals surface area contributed by atoms with Crippen molar-refractivity contribution in [2.24, 2.45) is 11.3 Å². The number of rotatable bonds is 8. The molecule has 2 amide bonds. The maximum absolute atomic E-state index is 12.2. The predicted octanol–water partition coefficient (Wildman–Crippen LogP) is 1.76. The maximum atomic E-state index is 12.2. The van der Waals surface area contributed by atoms with E-state index in [2.05, 4.69) is 16.0 Å². The Labute approximate surface area is 159 Å². The van der Waals surface area contributed by atoms with Crippen LogP contribution in [-0.2, 0) is 14.3 Å². The number of nitrogens with one attached hydrogen (secondary N) is 2. The van der Waals surface area contributed by atoms with Gasteiger partial charge in [0, 0.05) is 13.1 Å². The van der Waals surface area contributed by atoms with Crippen molar-refractivity contribution in [3.05, 3.63) is 17.8 Å². The monoisotopic (exact) mass is 380 g/mol. The minimum absolute atomic E-state index is 0.211. The van der Waals surface area contributed by atoms with Gasteiger partial charge in [0.15, 0.2) is 0 Å². The van der Waals surface area contributed by atoms with Gasteiger partial charge in [-0.2, -0.15) is 5.10 Å². The number of hydrazine groups is 1. The summed E-state index contributed by atoms with van der Waals surface area (Å²) in [6, 6.07) is 0. The SMILES string of the molecule is CCOC(=O)c1cnn(/C=C/C(C)(C)C(=O)NNC(C)=O)c1OCC(C)C. The van der Waals surface area contributed by atoms with Gasteiger partial charge < -0.3 is 9.47 Å². The van der Waals surface area contributed by atoms with Gasteiger partial charge in [-0.1, -0.05) is 19.9 Å². The molecule has 9 nitrogen and oxygen atoms in total. The van der Waals surface area contributed by atoms with Gasteiger partial charge in [-0.25, -0.2) is 9.48 Å². The van der Waals surface area contributed by atoms with Crippen molar-refractivity contribution >= 4 is 24.0 Å². The van der Waals surface area contributed by atoms with Crippen LogP contribution < -0.4 is 15.6 Å². The first-order valence-electron chi connectivity index (χ1n) is 8.72. The van der Waals surface area contributed by atoms with E-state index in [0.717, 1.165) is 0 Å². The van der Waals surface area contributed by atoms with Crippen LogP contribution in [-0.4, -0.2) is 40.8 Å². The minimum atomic E-state index is -0.951. The van der Waals surface area contributed by atoms with Gasteiger partial charge in [0.1, 0.15) is 5.56 Å². The van der Waals surface area contributed by atoms with Crippen LogP contribution in [0.5, 0.6) is 5.88 Å². The Morgan fingerprint density at radius 2 is 1.96 bits per heavy atom. The fourth-order valence-corrected chi connectivity index (χ4v) is 1.83. The third-order valence-electron chi connectivity index (χ3n) is 3.37. The van der Waals surface area contributed by atoms with Crippen LogP contribution in [0.4, 0.5) is 0 Å². The lowest BCUT2D eigenvalue weighted by atomic mass is 9.93. The van der Waals surface area contributed by atoms with Gasteiger partial charge in [-0.3, -0.25) is 20.4 Å². The molecule has 0 aliphatic rings. The van der Waals surface area contributed by atoms with Gasteiger partial charge >= 0.3 is 5.97 Å². The molecule has 0 saturated carbocycles. The van der Waals surface area contributed by atoms with Gasteiger partial charge in [0.2, 0.25) is 17.7 Å². The number of nitrogens with zero attached hydrogens (tertiary/aromatic N) is 2. The molecule has 0 aromatic carbocycles. The average molecular weight is 380 g/mol. The highest BCUT2D eigenvalue weighted by Gasteiger charge is 2.26. The standard InChI is InChI=1S/C18H28N4O5/c1-7-26-16(24)14-10-19-22(15(14)27-11-12(2)3)9-8-18(5,6)17(25)21-20-13(4)23/h8-10,12H,7,11H2,1-6H3,(H,20,23)(H,21,25)/b9-8+. The summed E-state index contributed by atoms with van der Waals surface area (Å²) >= 11 is 0. The molecule has 0 fully saturated rings. The summed E-state index contributed by atoms with van der Waals surface area (Å²) in [5, 5.41) is 4.14. The maximum Gasteiger partial charge on any atom is 0.345 e. The first-order chi connectivity index (χ1) is 12.6. The predicted molar refractivity (Wildman–Crippen MR) is 99.6 cm³/mol.